The SMILES string of the molecule is CCC1CCC(N(C)C2(CN)CCCC(C)C2C)CC1. The molecular weight excluding hydrogens is 244 g/mol. The van der Waals surface area contributed by atoms with E-state index in [1.165, 1.54) is 51.4 Å². The molecule has 3 unspecified atom stereocenters. The van der Waals surface area contributed by atoms with Gasteiger partial charge in [0, 0.05) is 18.1 Å². The van der Waals surface area contributed by atoms with Gasteiger partial charge in [0.15, 0.2) is 0 Å². The molecule has 0 spiro atoms. The van der Waals surface area contributed by atoms with E-state index >= 15 is 0 Å². The fraction of sp³-hybridized carbons (Fsp3) is 1.00. The van der Waals surface area contributed by atoms with E-state index in [-0.39, 0.29) is 5.54 Å². The van der Waals surface area contributed by atoms with Crippen molar-refractivity contribution in [2.75, 3.05) is 13.6 Å². The molecule has 0 aromatic carbocycles. The predicted molar refractivity (Wildman–Crippen MR) is 87.8 cm³/mol. The van der Waals surface area contributed by atoms with E-state index in [9.17, 15) is 0 Å². The van der Waals surface area contributed by atoms with Gasteiger partial charge in [-0.3, -0.25) is 4.90 Å². The zero-order chi connectivity index (χ0) is 14.8. The summed E-state index contributed by atoms with van der Waals surface area (Å²) >= 11 is 0. The Morgan fingerprint density at radius 1 is 1.10 bits per heavy atom. The Hall–Kier alpha value is -0.0800. The van der Waals surface area contributed by atoms with Crippen molar-refractivity contribution in [3.8, 4) is 0 Å². The second-order valence-electron chi connectivity index (χ2n) is 7.66. The van der Waals surface area contributed by atoms with Crippen LogP contribution >= 0.6 is 0 Å². The number of nitrogens with zero attached hydrogens (tertiary/aromatic N) is 1. The van der Waals surface area contributed by atoms with E-state index < -0.39 is 0 Å². The van der Waals surface area contributed by atoms with E-state index in [2.05, 4.69) is 32.7 Å². The zero-order valence-electron chi connectivity index (χ0n) is 14.2. The van der Waals surface area contributed by atoms with E-state index in [0.717, 1.165) is 30.3 Å². The summed E-state index contributed by atoms with van der Waals surface area (Å²) in [5.74, 6) is 2.54. The average Bonchev–Trinajstić information content (AvgIpc) is 2.50. The maximum atomic E-state index is 6.31. The van der Waals surface area contributed by atoms with Crippen molar-refractivity contribution >= 4 is 0 Å². The highest BCUT2D eigenvalue weighted by molar-refractivity contribution is 5.01. The molecule has 2 saturated carbocycles. The lowest BCUT2D eigenvalue weighted by Gasteiger charge is -2.54. The number of likely N-dealkylation sites (N-methyl/N-ethyl adjacent to an activating group) is 1. The van der Waals surface area contributed by atoms with Crippen molar-refractivity contribution in [2.24, 2.45) is 23.5 Å². The zero-order valence-corrected chi connectivity index (χ0v) is 14.2. The van der Waals surface area contributed by atoms with Crippen LogP contribution in [0.25, 0.3) is 0 Å². The predicted octanol–water partition coefficient (Wildman–Crippen LogP) is 4.04. The molecule has 2 N–H and O–H groups in total. The Morgan fingerprint density at radius 3 is 2.30 bits per heavy atom. The van der Waals surface area contributed by atoms with E-state index in [4.69, 9.17) is 5.73 Å². The second kappa shape index (κ2) is 6.79. The Balaban J connectivity index is 2.07. The van der Waals surface area contributed by atoms with Crippen LogP contribution in [0, 0.1) is 17.8 Å². The highest BCUT2D eigenvalue weighted by atomic mass is 15.2. The molecule has 0 saturated heterocycles. The average molecular weight is 280 g/mol. The van der Waals surface area contributed by atoms with Gasteiger partial charge in [-0.05, 0) is 56.9 Å². The summed E-state index contributed by atoms with van der Waals surface area (Å²) in [6.45, 7) is 8.06. The van der Waals surface area contributed by atoms with Gasteiger partial charge in [0.05, 0.1) is 0 Å². The first-order chi connectivity index (χ1) is 9.55. The first-order valence-electron chi connectivity index (χ1n) is 8.98. The molecule has 0 radical (unpaired) electrons. The Bertz CT molecular complexity index is 296. The first kappa shape index (κ1) is 16.3. The summed E-state index contributed by atoms with van der Waals surface area (Å²) in [6.07, 6.45) is 11.0. The van der Waals surface area contributed by atoms with Crippen LogP contribution in [0.15, 0.2) is 0 Å². The van der Waals surface area contributed by atoms with Crippen LogP contribution in [-0.4, -0.2) is 30.1 Å². The molecule has 3 atom stereocenters. The monoisotopic (exact) mass is 280 g/mol. The molecule has 0 bridgehead atoms. The van der Waals surface area contributed by atoms with E-state index in [1.807, 2.05) is 0 Å². The molecule has 0 aromatic heterocycles. The third-order valence-corrected chi connectivity index (χ3v) is 6.97. The molecule has 0 aliphatic heterocycles. The fourth-order valence-electron chi connectivity index (χ4n) is 4.97. The highest BCUT2D eigenvalue weighted by Crippen LogP contribution is 2.43. The van der Waals surface area contributed by atoms with Gasteiger partial charge in [0.25, 0.3) is 0 Å². The van der Waals surface area contributed by atoms with Gasteiger partial charge in [0.2, 0.25) is 0 Å². The standard InChI is InChI=1S/C18H36N2/c1-5-16-8-10-17(11-9-16)20(4)18(13-19)12-6-7-14(2)15(18)3/h14-17H,5-13,19H2,1-4H3. The van der Waals surface area contributed by atoms with Crippen LogP contribution in [0.1, 0.15) is 72.1 Å². The molecule has 2 nitrogen and oxygen atoms in total. The van der Waals surface area contributed by atoms with Crippen LogP contribution in [0.5, 0.6) is 0 Å². The maximum Gasteiger partial charge on any atom is 0.0359 e. The third kappa shape index (κ3) is 2.92. The molecule has 0 amide bonds. The fourth-order valence-corrected chi connectivity index (χ4v) is 4.97. The maximum absolute atomic E-state index is 6.31. The number of nitrogens with two attached hydrogens (primary N) is 1. The van der Waals surface area contributed by atoms with E-state index in [1.54, 1.807) is 0 Å². The molecule has 118 valence electrons. The van der Waals surface area contributed by atoms with Gasteiger partial charge in [-0.1, -0.05) is 40.0 Å². The summed E-state index contributed by atoms with van der Waals surface area (Å²) in [5, 5.41) is 0. The number of rotatable bonds is 4. The lowest BCUT2D eigenvalue weighted by Crippen LogP contribution is -2.62. The molecule has 2 rings (SSSR count). The summed E-state index contributed by atoms with van der Waals surface area (Å²) in [7, 11) is 2.37. The lowest BCUT2D eigenvalue weighted by atomic mass is 9.66. The van der Waals surface area contributed by atoms with Gasteiger partial charge >= 0.3 is 0 Å². The van der Waals surface area contributed by atoms with Gasteiger partial charge in [-0.15, -0.1) is 0 Å². The topological polar surface area (TPSA) is 29.3 Å². The molecular formula is C18H36N2. The first-order valence-corrected chi connectivity index (χ1v) is 8.98. The van der Waals surface area contributed by atoms with Crippen molar-refractivity contribution in [3.05, 3.63) is 0 Å². The number of hydrogen-bond acceptors (Lipinski definition) is 2. The van der Waals surface area contributed by atoms with Crippen molar-refractivity contribution in [3.63, 3.8) is 0 Å². The van der Waals surface area contributed by atoms with Crippen molar-refractivity contribution in [1.29, 1.82) is 0 Å². The molecule has 2 aliphatic rings. The smallest absolute Gasteiger partial charge is 0.0359 e. The van der Waals surface area contributed by atoms with Gasteiger partial charge in [-0.2, -0.15) is 0 Å². The molecule has 2 fully saturated rings. The summed E-state index contributed by atoms with van der Waals surface area (Å²) in [6, 6.07) is 0.772. The molecule has 20 heavy (non-hydrogen) atoms. The van der Waals surface area contributed by atoms with Crippen molar-refractivity contribution < 1.29 is 0 Å². The Labute approximate surface area is 126 Å². The number of hydrogen-bond donors (Lipinski definition) is 1. The van der Waals surface area contributed by atoms with Gasteiger partial charge in [-0.25, -0.2) is 0 Å². The van der Waals surface area contributed by atoms with Crippen molar-refractivity contribution in [1.82, 2.24) is 4.90 Å². The molecule has 0 heterocycles. The Kier molecular flexibility index (Phi) is 5.53. The Morgan fingerprint density at radius 2 is 1.75 bits per heavy atom. The van der Waals surface area contributed by atoms with Crippen molar-refractivity contribution in [2.45, 2.75) is 83.7 Å². The van der Waals surface area contributed by atoms with E-state index in [0.29, 0.717) is 0 Å². The largest absolute Gasteiger partial charge is 0.329 e. The van der Waals surface area contributed by atoms with Crippen LogP contribution in [0.3, 0.4) is 0 Å². The third-order valence-electron chi connectivity index (χ3n) is 6.97. The quantitative estimate of drug-likeness (QED) is 0.842. The summed E-state index contributed by atoms with van der Waals surface area (Å²) < 4.78 is 0. The molecule has 2 heteroatoms. The molecule has 0 aromatic rings. The lowest BCUT2D eigenvalue weighted by molar-refractivity contribution is -0.0322. The van der Waals surface area contributed by atoms with Crippen LogP contribution in [0.4, 0.5) is 0 Å². The van der Waals surface area contributed by atoms with Gasteiger partial charge in [0.1, 0.15) is 0 Å². The normalized spacial score (nSPS) is 42.9. The van der Waals surface area contributed by atoms with Gasteiger partial charge < -0.3 is 5.73 Å². The van der Waals surface area contributed by atoms with Crippen LogP contribution in [-0.2, 0) is 0 Å². The van der Waals surface area contributed by atoms with Crippen LogP contribution in [0.2, 0.25) is 0 Å². The minimum Gasteiger partial charge on any atom is -0.329 e. The minimum atomic E-state index is 0.265. The minimum absolute atomic E-state index is 0.265. The second-order valence-corrected chi connectivity index (χ2v) is 7.66. The van der Waals surface area contributed by atoms with Crippen LogP contribution < -0.4 is 5.73 Å². The summed E-state index contributed by atoms with van der Waals surface area (Å²) in [4.78, 5) is 2.72. The molecule has 2 aliphatic carbocycles. The highest BCUT2D eigenvalue weighted by Gasteiger charge is 2.45. The summed E-state index contributed by atoms with van der Waals surface area (Å²) in [5.41, 5.74) is 6.58.